The first-order valence-electron chi connectivity index (χ1n) is 9.81. The molecule has 0 bridgehead atoms. The van der Waals surface area contributed by atoms with Gasteiger partial charge in [0.2, 0.25) is 0 Å². The summed E-state index contributed by atoms with van der Waals surface area (Å²) >= 11 is 3.20. The maximum atomic E-state index is 10.3. The van der Waals surface area contributed by atoms with Gasteiger partial charge in [-0.3, -0.25) is 4.79 Å². The molecule has 4 N–H and O–H groups in total. The van der Waals surface area contributed by atoms with Gasteiger partial charge >= 0.3 is 0 Å². The van der Waals surface area contributed by atoms with E-state index in [0.717, 1.165) is 16.9 Å². The van der Waals surface area contributed by atoms with Crippen LogP contribution in [0.4, 0.5) is 0 Å². The van der Waals surface area contributed by atoms with Gasteiger partial charge in [0, 0.05) is 10.7 Å². The Kier molecular flexibility index (Phi) is 29.1. The highest BCUT2D eigenvalue weighted by Crippen LogP contribution is 2.17. The number of unbranched alkanes of at least 4 members (excludes halogenated alkanes) is 5. The predicted octanol–water partition coefficient (Wildman–Crippen LogP) is 6.15. The SMILES string of the molecule is CC.CC(C)(C)O.CCCCCCCCSNSC(/C=C\C=O)=C/C=C/N. The zero-order chi connectivity index (χ0) is 21.4. The molecule has 0 aromatic heterocycles. The van der Waals surface area contributed by atoms with Crippen molar-refractivity contribution in [1.82, 2.24) is 4.13 Å². The number of hydrogen-bond acceptors (Lipinski definition) is 6. The zero-order valence-corrected chi connectivity index (χ0v) is 19.8. The minimum atomic E-state index is -0.500. The zero-order valence-electron chi connectivity index (χ0n) is 18.2. The summed E-state index contributed by atoms with van der Waals surface area (Å²) in [6.07, 6.45) is 17.0. The largest absolute Gasteiger partial charge is 0.405 e. The lowest BCUT2D eigenvalue weighted by Crippen LogP contribution is -2.10. The third kappa shape index (κ3) is 41.0. The van der Waals surface area contributed by atoms with Crippen molar-refractivity contribution in [1.29, 1.82) is 0 Å². The molecule has 0 unspecified atom stereocenters. The second kappa shape index (κ2) is 25.3. The van der Waals surface area contributed by atoms with Gasteiger partial charge in [-0.1, -0.05) is 64.8 Å². The number of nitrogens with one attached hydrogen (secondary N) is 1. The molecule has 0 aromatic rings. The summed E-state index contributed by atoms with van der Waals surface area (Å²) in [5.74, 6) is 1.11. The molecule has 27 heavy (non-hydrogen) atoms. The molecule has 0 saturated carbocycles. The Morgan fingerprint density at radius 3 is 2.15 bits per heavy atom. The van der Waals surface area contributed by atoms with E-state index < -0.39 is 5.60 Å². The molecule has 0 rings (SSSR count). The molecule has 0 heterocycles. The monoisotopic (exact) mass is 418 g/mol. The van der Waals surface area contributed by atoms with Gasteiger partial charge in [0.1, 0.15) is 6.29 Å². The molecule has 4 nitrogen and oxygen atoms in total. The van der Waals surface area contributed by atoms with Crippen molar-refractivity contribution in [3.05, 3.63) is 35.4 Å². The van der Waals surface area contributed by atoms with Crippen molar-refractivity contribution in [2.45, 2.75) is 85.7 Å². The summed E-state index contributed by atoms with van der Waals surface area (Å²) in [5, 5.41) is 8.52. The van der Waals surface area contributed by atoms with Gasteiger partial charge in [0.05, 0.1) is 5.60 Å². The lowest BCUT2D eigenvalue weighted by Gasteiger charge is -2.04. The van der Waals surface area contributed by atoms with Gasteiger partial charge in [0.25, 0.3) is 0 Å². The summed E-state index contributed by atoms with van der Waals surface area (Å²) in [5.41, 5.74) is 4.80. The number of carbonyl (C=O) groups is 1. The lowest BCUT2D eigenvalue weighted by molar-refractivity contribution is -0.104. The van der Waals surface area contributed by atoms with Crippen LogP contribution in [0.5, 0.6) is 0 Å². The minimum Gasteiger partial charge on any atom is -0.405 e. The van der Waals surface area contributed by atoms with Crippen molar-refractivity contribution in [2.24, 2.45) is 5.73 Å². The maximum absolute atomic E-state index is 10.3. The number of rotatable bonds is 13. The molecule has 0 aliphatic heterocycles. The van der Waals surface area contributed by atoms with Crippen LogP contribution in [0.2, 0.25) is 0 Å². The molecule has 0 spiro atoms. The Hall–Kier alpha value is -0.690. The number of carbonyl (C=O) groups excluding carboxylic acids is 1. The van der Waals surface area contributed by atoms with E-state index in [-0.39, 0.29) is 0 Å². The first-order chi connectivity index (χ1) is 12.8. The second-order valence-corrected chi connectivity index (χ2v) is 8.46. The van der Waals surface area contributed by atoms with E-state index in [1.807, 2.05) is 19.9 Å². The number of aldehydes is 1. The lowest BCUT2D eigenvalue weighted by atomic mass is 10.1. The van der Waals surface area contributed by atoms with E-state index in [2.05, 4.69) is 11.1 Å². The molecular formula is C21H42N2O2S2. The van der Waals surface area contributed by atoms with Crippen molar-refractivity contribution in [3.63, 3.8) is 0 Å². The van der Waals surface area contributed by atoms with Crippen LogP contribution in [0.1, 0.15) is 80.1 Å². The Balaban J connectivity index is -0.000000705. The average molecular weight is 419 g/mol. The molecule has 0 fully saturated rings. The number of hydrogen-bond donors (Lipinski definition) is 3. The Morgan fingerprint density at radius 1 is 1.07 bits per heavy atom. The van der Waals surface area contributed by atoms with Gasteiger partial charge in [-0.25, -0.2) is 4.13 Å². The van der Waals surface area contributed by atoms with E-state index >= 15 is 0 Å². The number of aliphatic hydroxyl groups is 1. The molecule has 0 saturated heterocycles. The number of nitrogens with two attached hydrogens (primary N) is 1. The summed E-state index contributed by atoms with van der Waals surface area (Å²) in [4.78, 5) is 11.3. The quantitative estimate of drug-likeness (QED) is 0.109. The van der Waals surface area contributed by atoms with Gasteiger partial charge < -0.3 is 10.8 Å². The number of allylic oxidation sites excluding steroid dienone is 4. The van der Waals surface area contributed by atoms with Gasteiger partial charge in [0.15, 0.2) is 0 Å². The minimum absolute atomic E-state index is 0.500. The molecular weight excluding hydrogens is 376 g/mol. The highest BCUT2D eigenvalue weighted by molar-refractivity contribution is 8.14. The van der Waals surface area contributed by atoms with Crippen molar-refractivity contribution < 1.29 is 9.90 Å². The fraction of sp³-hybridized carbons (Fsp3) is 0.667. The summed E-state index contributed by atoms with van der Waals surface area (Å²) < 4.78 is 3.23. The highest BCUT2D eigenvalue weighted by atomic mass is 32.2. The Labute approximate surface area is 176 Å². The van der Waals surface area contributed by atoms with Gasteiger partial charge in [-0.2, -0.15) is 0 Å². The molecule has 0 atom stereocenters. The standard InChI is InChI=1S/C15H26N2OS2.C4H10O.C2H6/c1-2-3-4-5-6-7-14-19-17-20-15(10-8-12-16)11-9-13-18;1-4(2,3)5;1-2/h8-13,17H,2-7,14,16H2,1H3;5H,1-3H3;1-2H3/b11-9-,12-8+,15-10+;;. The highest BCUT2D eigenvalue weighted by Gasteiger charge is 1.98. The fourth-order valence-corrected chi connectivity index (χ4v) is 3.08. The van der Waals surface area contributed by atoms with E-state index in [0.29, 0.717) is 0 Å². The van der Waals surface area contributed by atoms with Crippen LogP contribution in [-0.4, -0.2) is 22.7 Å². The van der Waals surface area contributed by atoms with Crippen LogP contribution >= 0.6 is 23.9 Å². The Morgan fingerprint density at radius 2 is 1.63 bits per heavy atom. The van der Waals surface area contributed by atoms with Crippen molar-refractivity contribution >= 4 is 30.2 Å². The van der Waals surface area contributed by atoms with Crippen molar-refractivity contribution in [2.75, 3.05) is 5.75 Å². The maximum Gasteiger partial charge on any atom is 0.142 e. The molecule has 0 aliphatic rings. The Bertz CT molecular complexity index is 384. The second-order valence-electron chi connectivity index (χ2n) is 6.42. The first-order valence-corrected chi connectivity index (χ1v) is 11.6. The predicted molar refractivity (Wildman–Crippen MR) is 126 cm³/mol. The van der Waals surface area contributed by atoms with Gasteiger partial charge in [-0.05, 0) is 69.6 Å². The van der Waals surface area contributed by atoms with Crippen LogP contribution in [0.3, 0.4) is 0 Å². The molecule has 160 valence electrons. The molecule has 0 radical (unpaired) electrons. The summed E-state index contributed by atoms with van der Waals surface area (Å²) in [6, 6.07) is 0. The molecule has 0 aliphatic carbocycles. The topological polar surface area (TPSA) is 75.3 Å². The molecule has 6 heteroatoms. The van der Waals surface area contributed by atoms with Crippen LogP contribution in [0.15, 0.2) is 35.4 Å². The normalized spacial score (nSPS) is 11.7. The van der Waals surface area contributed by atoms with Crippen LogP contribution in [0, 0.1) is 0 Å². The van der Waals surface area contributed by atoms with E-state index in [9.17, 15) is 4.79 Å². The van der Waals surface area contributed by atoms with E-state index in [4.69, 9.17) is 10.8 Å². The fourth-order valence-electron chi connectivity index (χ4n) is 1.48. The van der Waals surface area contributed by atoms with Crippen LogP contribution in [-0.2, 0) is 4.79 Å². The third-order valence-electron chi connectivity index (χ3n) is 2.53. The van der Waals surface area contributed by atoms with E-state index in [1.54, 1.807) is 44.9 Å². The molecule has 0 amide bonds. The third-order valence-corrected chi connectivity index (χ3v) is 4.33. The average Bonchev–Trinajstić information content (AvgIpc) is 2.62. The molecule has 0 aromatic carbocycles. The van der Waals surface area contributed by atoms with Gasteiger partial charge in [-0.15, -0.1) is 0 Å². The van der Waals surface area contributed by atoms with Crippen LogP contribution < -0.4 is 9.86 Å². The van der Waals surface area contributed by atoms with Crippen LogP contribution in [0.25, 0.3) is 0 Å². The smallest absolute Gasteiger partial charge is 0.142 e. The van der Waals surface area contributed by atoms with E-state index in [1.165, 1.54) is 62.7 Å². The van der Waals surface area contributed by atoms with Crippen molar-refractivity contribution in [3.8, 4) is 0 Å². The summed E-state index contributed by atoms with van der Waals surface area (Å²) in [6.45, 7) is 11.5. The first kappa shape index (κ1) is 31.0. The summed E-state index contributed by atoms with van der Waals surface area (Å²) in [7, 11) is 0.